The van der Waals surface area contributed by atoms with Gasteiger partial charge in [-0.15, -0.1) is 0 Å². The van der Waals surface area contributed by atoms with E-state index in [9.17, 15) is 4.79 Å². The van der Waals surface area contributed by atoms with Crippen LogP contribution in [0.15, 0.2) is 0 Å². The molecule has 1 aliphatic heterocycles. The number of carbonyl (C=O) groups is 1. The third kappa shape index (κ3) is 4.66. The van der Waals surface area contributed by atoms with Crippen molar-refractivity contribution in [3.63, 3.8) is 0 Å². The second-order valence-corrected chi connectivity index (χ2v) is 5.63. The summed E-state index contributed by atoms with van der Waals surface area (Å²) in [5.74, 6) is 1.03. The Kier molecular flexibility index (Phi) is 5.96. The molecule has 0 spiro atoms. The van der Waals surface area contributed by atoms with Crippen molar-refractivity contribution in [1.29, 1.82) is 0 Å². The van der Waals surface area contributed by atoms with Gasteiger partial charge in [0.25, 0.3) is 0 Å². The minimum Gasteiger partial charge on any atom is -0.352 e. The highest BCUT2D eigenvalue weighted by molar-refractivity contribution is 5.78. The monoisotopic (exact) mass is 240 g/mol. The van der Waals surface area contributed by atoms with Crippen molar-refractivity contribution in [3.8, 4) is 0 Å². The average Bonchev–Trinajstić information content (AvgIpc) is 2.28. The maximum Gasteiger partial charge on any atom is 0.222 e. The van der Waals surface area contributed by atoms with Crippen LogP contribution in [0, 0.1) is 11.8 Å². The standard InChI is InChI=1S/C14H28N2O/c1-5-7-16-9-12(6-2)8-13(10-16)15-14(17)11(3)4/h11-13H,5-10H2,1-4H3,(H,15,17). The lowest BCUT2D eigenvalue weighted by molar-refractivity contribution is -0.125. The summed E-state index contributed by atoms with van der Waals surface area (Å²) in [5, 5.41) is 3.19. The summed E-state index contributed by atoms with van der Waals surface area (Å²) >= 11 is 0. The number of hydrogen-bond acceptors (Lipinski definition) is 2. The molecule has 2 unspecified atom stereocenters. The first kappa shape index (κ1) is 14.5. The predicted octanol–water partition coefficient (Wildman–Crippen LogP) is 2.27. The summed E-state index contributed by atoms with van der Waals surface area (Å²) in [4.78, 5) is 14.2. The molecule has 1 saturated heterocycles. The normalized spacial score (nSPS) is 26.2. The van der Waals surface area contributed by atoms with Crippen molar-refractivity contribution >= 4 is 5.91 Å². The molecule has 1 amide bonds. The van der Waals surface area contributed by atoms with Gasteiger partial charge in [-0.2, -0.15) is 0 Å². The quantitative estimate of drug-likeness (QED) is 0.799. The second-order valence-electron chi connectivity index (χ2n) is 5.63. The summed E-state index contributed by atoms with van der Waals surface area (Å²) < 4.78 is 0. The Hall–Kier alpha value is -0.570. The Morgan fingerprint density at radius 2 is 2.06 bits per heavy atom. The lowest BCUT2D eigenvalue weighted by atomic mass is 9.91. The van der Waals surface area contributed by atoms with E-state index in [1.54, 1.807) is 0 Å². The van der Waals surface area contributed by atoms with Crippen LogP contribution in [0.1, 0.15) is 47.0 Å². The molecule has 0 radical (unpaired) electrons. The molecule has 2 atom stereocenters. The number of rotatable bonds is 5. The highest BCUT2D eigenvalue weighted by atomic mass is 16.1. The molecule has 0 aromatic carbocycles. The van der Waals surface area contributed by atoms with Crippen LogP contribution >= 0.6 is 0 Å². The van der Waals surface area contributed by atoms with Crippen molar-refractivity contribution < 1.29 is 4.79 Å². The zero-order valence-electron chi connectivity index (χ0n) is 11.8. The number of nitrogens with zero attached hydrogens (tertiary/aromatic N) is 1. The smallest absolute Gasteiger partial charge is 0.222 e. The van der Waals surface area contributed by atoms with Gasteiger partial charge in [-0.1, -0.05) is 34.1 Å². The summed E-state index contributed by atoms with van der Waals surface area (Å²) in [5.41, 5.74) is 0. The van der Waals surface area contributed by atoms with E-state index < -0.39 is 0 Å². The molecule has 1 rings (SSSR count). The van der Waals surface area contributed by atoms with Gasteiger partial charge in [-0.3, -0.25) is 4.79 Å². The summed E-state index contributed by atoms with van der Waals surface area (Å²) in [6.07, 6.45) is 3.56. The first-order valence-electron chi connectivity index (χ1n) is 7.09. The van der Waals surface area contributed by atoms with Crippen LogP contribution in [-0.2, 0) is 4.79 Å². The molecule has 1 heterocycles. The van der Waals surface area contributed by atoms with Gasteiger partial charge in [-0.25, -0.2) is 0 Å². The number of amides is 1. The number of hydrogen-bond donors (Lipinski definition) is 1. The predicted molar refractivity (Wildman–Crippen MR) is 71.9 cm³/mol. The molecule has 3 heteroatoms. The third-order valence-corrected chi connectivity index (χ3v) is 3.60. The number of piperidine rings is 1. The van der Waals surface area contributed by atoms with E-state index in [0.717, 1.165) is 25.4 Å². The molecular weight excluding hydrogens is 212 g/mol. The van der Waals surface area contributed by atoms with Crippen LogP contribution in [0.4, 0.5) is 0 Å². The molecule has 17 heavy (non-hydrogen) atoms. The second kappa shape index (κ2) is 7.00. The maximum absolute atomic E-state index is 11.7. The first-order chi connectivity index (χ1) is 8.06. The topological polar surface area (TPSA) is 32.3 Å². The lowest BCUT2D eigenvalue weighted by Gasteiger charge is -2.38. The van der Waals surface area contributed by atoms with Gasteiger partial charge in [0, 0.05) is 25.0 Å². The van der Waals surface area contributed by atoms with Gasteiger partial charge >= 0.3 is 0 Å². The Labute approximate surface area is 106 Å². The van der Waals surface area contributed by atoms with Crippen molar-refractivity contribution in [3.05, 3.63) is 0 Å². The molecule has 0 aromatic heterocycles. The zero-order chi connectivity index (χ0) is 12.8. The Morgan fingerprint density at radius 1 is 1.35 bits per heavy atom. The highest BCUT2D eigenvalue weighted by Crippen LogP contribution is 2.20. The van der Waals surface area contributed by atoms with Gasteiger partial charge in [0.05, 0.1) is 0 Å². The minimum atomic E-state index is 0.0941. The molecule has 0 bridgehead atoms. The number of carbonyl (C=O) groups excluding carboxylic acids is 1. The highest BCUT2D eigenvalue weighted by Gasteiger charge is 2.27. The van der Waals surface area contributed by atoms with E-state index in [2.05, 4.69) is 24.1 Å². The first-order valence-corrected chi connectivity index (χ1v) is 7.09. The van der Waals surface area contributed by atoms with Gasteiger partial charge in [-0.05, 0) is 25.3 Å². The SMILES string of the molecule is CCCN1CC(CC)CC(NC(=O)C(C)C)C1. The van der Waals surface area contributed by atoms with E-state index in [-0.39, 0.29) is 11.8 Å². The van der Waals surface area contributed by atoms with Crippen LogP contribution in [0.2, 0.25) is 0 Å². The summed E-state index contributed by atoms with van der Waals surface area (Å²) in [7, 11) is 0. The van der Waals surface area contributed by atoms with Crippen molar-refractivity contribution in [2.24, 2.45) is 11.8 Å². The Morgan fingerprint density at radius 3 is 2.59 bits per heavy atom. The largest absolute Gasteiger partial charge is 0.352 e. The summed E-state index contributed by atoms with van der Waals surface area (Å²) in [6, 6.07) is 0.357. The number of nitrogens with one attached hydrogen (secondary N) is 1. The molecule has 3 nitrogen and oxygen atoms in total. The van der Waals surface area contributed by atoms with Crippen LogP contribution < -0.4 is 5.32 Å². The zero-order valence-corrected chi connectivity index (χ0v) is 11.8. The third-order valence-electron chi connectivity index (χ3n) is 3.60. The lowest BCUT2D eigenvalue weighted by Crippen LogP contribution is -2.51. The van der Waals surface area contributed by atoms with E-state index in [4.69, 9.17) is 0 Å². The molecular formula is C14H28N2O. The average molecular weight is 240 g/mol. The fourth-order valence-electron chi connectivity index (χ4n) is 2.57. The Bertz CT molecular complexity index is 240. The van der Waals surface area contributed by atoms with Gasteiger partial charge < -0.3 is 10.2 Å². The van der Waals surface area contributed by atoms with Crippen LogP contribution in [0.25, 0.3) is 0 Å². The number of likely N-dealkylation sites (tertiary alicyclic amines) is 1. The van der Waals surface area contributed by atoms with Gasteiger partial charge in [0.15, 0.2) is 0 Å². The van der Waals surface area contributed by atoms with E-state index in [1.165, 1.54) is 19.4 Å². The van der Waals surface area contributed by atoms with E-state index in [0.29, 0.717) is 6.04 Å². The molecule has 1 aliphatic rings. The molecule has 0 saturated carbocycles. The van der Waals surface area contributed by atoms with Gasteiger partial charge in [0.2, 0.25) is 5.91 Å². The maximum atomic E-state index is 11.7. The van der Waals surface area contributed by atoms with Crippen LogP contribution in [0.5, 0.6) is 0 Å². The van der Waals surface area contributed by atoms with Crippen molar-refractivity contribution in [2.45, 2.75) is 53.0 Å². The minimum absolute atomic E-state index is 0.0941. The Balaban J connectivity index is 2.50. The van der Waals surface area contributed by atoms with Gasteiger partial charge in [0.1, 0.15) is 0 Å². The molecule has 1 N–H and O–H groups in total. The van der Waals surface area contributed by atoms with Crippen molar-refractivity contribution in [2.75, 3.05) is 19.6 Å². The van der Waals surface area contributed by atoms with Crippen LogP contribution in [-0.4, -0.2) is 36.5 Å². The molecule has 100 valence electrons. The molecule has 0 aliphatic carbocycles. The fourth-order valence-corrected chi connectivity index (χ4v) is 2.57. The molecule has 0 aromatic rings. The van der Waals surface area contributed by atoms with E-state index >= 15 is 0 Å². The van der Waals surface area contributed by atoms with Crippen molar-refractivity contribution in [1.82, 2.24) is 10.2 Å². The van der Waals surface area contributed by atoms with E-state index in [1.807, 2.05) is 13.8 Å². The fraction of sp³-hybridized carbons (Fsp3) is 0.929. The van der Waals surface area contributed by atoms with Crippen LogP contribution in [0.3, 0.4) is 0 Å². The molecule has 1 fully saturated rings. The summed E-state index contributed by atoms with van der Waals surface area (Å²) in [6.45, 7) is 11.8.